The highest BCUT2D eigenvalue weighted by Gasteiger charge is 2.32. The monoisotopic (exact) mass is 435 g/mol. The van der Waals surface area contributed by atoms with E-state index in [-0.39, 0.29) is 30.0 Å². The summed E-state index contributed by atoms with van der Waals surface area (Å²) >= 11 is 6.37. The molecule has 0 radical (unpaired) electrons. The molecule has 1 N–H and O–H groups in total. The molecule has 0 spiro atoms. The van der Waals surface area contributed by atoms with Crippen LogP contribution >= 0.6 is 24.0 Å². The fourth-order valence-electron chi connectivity index (χ4n) is 3.57. The maximum atomic E-state index is 13.4. The number of aryl methyl sites for hydroxylation is 3. The van der Waals surface area contributed by atoms with Crippen LogP contribution in [0.15, 0.2) is 30.6 Å². The Labute approximate surface area is 180 Å². The Morgan fingerprint density at radius 2 is 2.10 bits per heavy atom. The predicted molar refractivity (Wildman–Crippen MR) is 113 cm³/mol. The average molecular weight is 436 g/mol. The maximum Gasteiger partial charge on any atom is 0.274 e. The summed E-state index contributed by atoms with van der Waals surface area (Å²) in [4.78, 5) is 24.2. The van der Waals surface area contributed by atoms with E-state index in [9.17, 15) is 4.79 Å². The van der Waals surface area contributed by atoms with Crippen LogP contribution < -0.4 is 5.32 Å². The second-order valence-corrected chi connectivity index (χ2v) is 7.36. The Bertz CT molecular complexity index is 1030. The third-order valence-corrected chi connectivity index (χ3v) is 5.23. The molecule has 4 rings (SSSR count). The molecule has 3 aromatic heterocycles. The minimum absolute atomic E-state index is 0. The van der Waals surface area contributed by atoms with Gasteiger partial charge in [0.25, 0.3) is 5.91 Å². The lowest BCUT2D eigenvalue weighted by Gasteiger charge is -2.35. The molecular weight excluding hydrogens is 413 g/mol. The van der Waals surface area contributed by atoms with Gasteiger partial charge in [-0.3, -0.25) is 4.79 Å². The van der Waals surface area contributed by atoms with Gasteiger partial charge in [0.05, 0.1) is 10.7 Å². The van der Waals surface area contributed by atoms with Crippen molar-refractivity contribution in [2.75, 3.05) is 19.6 Å². The number of imidazole rings is 1. The van der Waals surface area contributed by atoms with Gasteiger partial charge in [0, 0.05) is 44.8 Å². The fourth-order valence-corrected chi connectivity index (χ4v) is 3.76. The van der Waals surface area contributed by atoms with Crippen molar-refractivity contribution >= 4 is 29.9 Å². The molecule has 0 aliphatic carbocycles. The quantitative estimate of drug-likeness (QED) is 0.683. The smallest absolute Gasteiger partial charge is 0.274 e. The van der Waals surface area contributed by atoms with Gasteiger partial charge in [-0.15, -0.1) is 12.4 Å². The molecule has 1 fully saturated rings. The Balaban J connectivity index is 0.00000240. The number of hydrogen-bond acceptors (Lipinski definition) is 5. The van der Waals surface area contributed by atoms with E-state index in [1.165, 1.54) is 0 Å². The number of aromatic nitrogens is 5. The molecule has 1 atom stereocenters. The molecule has 8 nitrogen and oxygen atoms in total. The Hall–Kier alpha value is -2.42. The van der Waals surface area contributed by atoms with E-state index in [2.05, 4.69) is 20.4 Å². The van der Waals surface area contributed by atoms with Gasteiger partial charge in [-0.25, -0.2) is 14.6 Å². The van der Waals surface area contributed by atoms with Crippen molar-refractivity contribution in [3.05, 3.63) is 58.5 Å². The van der Waals surface area contributed by atoms with E-state index in [4.69, 9.17) is 11.6 Å². The first-order valence-electron chi connectivity index (χ1n) is 9.15. The number of hydrogen-bond donors (Lipinski definition) is 1. The molecule has 1 aliphatic heterocycles. The number of nitrogens with zero attached hydrogens (tertiary/aromatic N) is 6. The number of piperazine rings is 1. The SMILES string of the molecule is Cc1cc(C)n(-c2ccc(Cl)c(C(=O)N3CCNCC3c3nccn3C)n2)n1.Cl. The highest BCUT2D eigenvalue weighted by molar-refractivity contribution is 6.33. The number of carbonyl (C=O) groups is 1. The molecule has 4 heterocycles. The third kappa shape index (κ3) is 4.01. The van der Waals surface area contributed by atoms with Gasteiger partial charge in [-0.1, -0.05) is 11.6 Å². The summed E-state index contributed by atoms with van der Waals surface area (Å²) in [7, 11) is 1.92. The summed E-state index contributed by atoms with van der Waals surface area (Å²) < 4.78 is 3.65. The maximum absolute atomic E-state index is 13.4. The summed E-state index contributed by atoms with van der Waals surface area (Å²) in [6.45, 7) is 5.76. The topological polar surface area (TPSA) is 80.9 Å². The van der Waals surface area contributed by atoms with E-state index in [1.807, 2.05) is 37.7 Å². The van der Waals surface area contributed by atoms with Crippen molar-refractivity contribution in [2.24, 2.45) is 7.05 Å². The molecule has 1 aliphatic rings. The molecule has 1 amide bonds. The molecule has 0 aromatic carbocycles. The van der Waals surface area contributed by atoms with Crippen LogP contribution in [0.4, 0.5) is 0 Å². The van der Waals surface area contributed by atoms with Gasteiger partial charge in [0.2, 0.25) is 0 Å². The molecule has 3 aromatic rings. The molecule has 0 bridgehead atoms. The van der Waals surface area contributed by atoms with Gasteiger partial charge < -0.3 is 14.8 Å². The molecule has 1 unspecified atom stereocenters. The predicted octanol–water partition coefficient (Wildman–Crippen LogP) is 2.48. The van der Waals surface area contributed by atoms with Gasteiger partial charge in [-0.05, 0) is 32.0 Å². The number of nitrogens with one attached hydrogen (secondary N) is 1. The van der Waals surface area contributed by atoms with Crippen molar-refractivity contribution in [2.45, 2.75) is 19.9 Å². The highest BCUT2D eigenvalue weighted by atomic mass is 35.5. The van der Waals surface area contributed by atoms with E-state index < -0.39 is 0 Å². The van der Waals surface area contributed by atoms with Crippen molar-refractivity contribution in [3.63, 3.8) is 0 Å². The van der Waals surface area contributed by atoms with Crippen LogP contribution in [-0.2, 0) is 7.05 Å². The zero-order chi connectivity index (χ0) is 19.8. The Morgan fingerprint density at radius 1 is 1.31 bits per heavy atom. The van der Waals surface area contributed by atoms with E-state index in [1.54, 1.807) is 27.9 Å². The van der Waals surface area contributed by atoms with Crippen LogP contribution in [0.25, 0.3) is 5.82 Å². The third-order valence-electron chi connectivity index (χ3n) is 4.92. The van der Waals surface area contributed by atoms with E-state index >= 15 is 0 Å². The lowest BCUT2D eigenvalue weighted by atomic mass is 10.1. The molecule has 29 heavy (non-hydrogen) atoms. The number of pyridine rings is 1. The van der Waals surface area contributed by atoms with Gasteiger partial charge >= 0.3 is 0 Å². The van der Waals surface area contributed by atoms with Crippen molar-refractivity contribution in [1.29, 1.82) is 0 Å². The zero-order valence-corrected chi connectivity index (χ0v) is 18.0. The highest BCUT2D eigenvalue weighted by Crippen LogP contribution is 2.25. The lowest BCUT2D eigenvalue weighted by molar-refractivity contribution is 0.0615. The van der Waals surface area contributed by atoms with Crippen molar-refractivity contribution in [1.82, 2.24) is 34.5 Å². The molecule has 10 heteroatoms. The summed E-state index contributed by atoms with van der Waals surface area (Å²) in [5.74, 6) is 1.19. The first kappa shape index (κ1) is 21.3. The number of halogens is 2. The summed E-state index contributed by atoms with van der Waals surface area (Å²) in [6, 6.07) is 5.25. The van der Waals surface area contributed by atoms with Crippen LogP contribution in [-0.4, -0.2) is 54.8 Å². The Kier molecular flexibility index (Phi) is 6.26. The van der Waals surface area contributed by atoms with Crippen LogP contribution in [0, 0.1) is 13.8 Å². The normalized spacial score (nSPS) is 16.6. The van der Waals surface area contributed by atoms with Crippen molar-refractivity contribution < 1.29 is 4.79 Å². The standard InChI is InChI=1S/C19H22ClN7O.ClH/c1-12-10-13(2)27(24-12)16-5-4-14(20)17(23-16)19(28)26-9-6-21-11-15(26)18-22-7-8-25(18)3;/h4-5,7-8,10,15,21H,6,9,11H2,1-3H3;1H. The van der Waals surface area contributed by atoms with Crippen LogP contribution in [0.2, 0.25) is 5.02 Å². The number of amides is 1. The summed E-state index contributed by atoms with van der Waals surface area (Å²) in [5, 5.41) is 8.11. The fraction of sp³-hybridized carbons (Fsp3) is 0.368. The van der Waals surface area contributed by atoms with E-state index in [0.717, 1.165) is 17.2 Å². The summed E-state index contributed by atoms with van der Waals surface area (Å²) in [6.07, 6.45) is 3.61. The number of carbonyl (C=O) groups excluding carboxylic acids is 1. The van der Waals surface area contributed by atoms with Crippen molar-refractivity contribution in [3.8, 4) is 5.82 Å². The lowest BCUT2D eigenvalue weighted by Crippen LogP contribution is -2.49. The van der Waals surface area contributed by atoms with Crippen LogP contribution in [0.3, 0.4) is 0 Å². The molecular formula is C19H23Cl2N7O. The zero-order valence-electron chi connectivity index (χ0n) is 16.5. The first-order chi connectivity index (χ1) is 13.5. The van der Waals surface area contributed by atoms with E-state index in [0.29, 0.717) is 30.5 Å². The largest absolute Gasteiger partial charge is 0.336 e. The minimum Gasteiger partial charge on any atom is -0.336 e. The molecule has 154 valence electrons. The van der Waals surface area contributed by atoms with Gasteiger partial charge in [0.15, 0.2) is 5.82 Å². The molecule has 0 saturated carbocycles. The van der Waals surface area contributed by atoms with Gasteiger partial charge in [0.1, 0.15) is 17.6 Å². The summed E-state index contributed by atoms with van der Waals surface area (Å²) in [5.41, 5.74) is 2.06. The minimum atomic E-state index is -0.206. The van der Waals surface area contributed by atoms with Crippen LogP contribution in [0.1, 0.15) is 33.7 Å². The Morgan fingerprint density at radius 3 is 2.76 bits per heavy atom. The van der Waals surface area contributed by atoms with Gasteiger partial charge in [-0.2, -0.15) is 5.10 Å². The second-order valence-electron chi connectivity index (χ2n) is 6.95. The average Bonchev–Trinajstić information content (AvgIpc) is 3.26. The van der Waals surface area contributed by atoms with Crippen LogP contribution in [0.5, 0.6) is 0 Å². The molecule has 1 saturated heterocycles. The second kappa shape index (κ2) is 8.52. The number of rotatable bonds is 3. The first-order valence-corrected chi connectivity index (χ1v) is 9.52.